The van der Waals surface area contributed by atoms with E-state index >= 15 is 0 Å². The van der Waals surface area contributed by atoms with Crippen molar-refractivity contribution in [2.24, 2.45) is 0 Å². The van der Waals surface area contributed by atoms with Crippen molar-refractivity contribution in [1.29, 1.82) is 0 Å². The molecule has 0 spiro atoms. The molecule has 11 rings (SSSR count). The van der Waals surface area contributed by atoms with Crippen LogP contribution in [0.3, 0.4) is 0 Å². The van der Waals surface area contributed by atoms with Gasteiger partial charge in [-0.3, -0.25) is 0 Å². The number of para-hydroxylation sites is 2. The van der Waals surface area contributed by atoms with Crippen molar-refractivity contribution >= 4 is 55.7 Å². The number of hydrogen-bond donors (Lipinski definition) is 0. The van der Waals surface area contributed by atoms with E-state index in [4.69, 9.17) is 0 Å². The lowest BCUT2D eigenvalue weighted by molar-refractivity contribution is 0.593. The van der Waals surface area contributed by atoms with Crippen LogP contribution in [0.5, 0.6) is 0 Å². The molecule has 9 aromatic rings. The number of nitrogens with zero attached hydrogens (tertiary/aromatic N) is 2. The second-order valence-electron chi connectivity index (χ2n) is 21.9. The van der Waals surface area contributed by atoms with Gasteiger partial charge in [0.1, 0.15) is 0 Å². The summed E-state index contributed by atoms with van der Waals surface area (Å²) in [4.78, 5) is 4.93. The van der Waals surface area contributed by atoms with Crippen LogP contribution in [0.25, 0.3) is 43.8 Å². The standard InChI is InChI=1S/C64H60N2/c1-61(2,3)59-51-35-31-43(65(41-21-13-11-14-22-41)45-29-33-49-47-25-17-19-27-55(47)63(7,8)57(49)39-45)37-53(51)60(62(4,5)6)54-38-44(32-36-52(54)59)66(42-23-15-12-16-24-42)46-30-34-50-48-26-18-20-28-56(48)64(9,10)58(50)40-46/h11-40H,1-10H3. The first kappa shape index (κ1) is 41.8. The van der Waals surface area contributed by atoms with Gasteiger partial charge in [-0.2, -0.15) is 0 Å². The normalized spacial score (nSPS) is 14.5. The SMILES string of the molecule is CC(C)(C)c1c2ccc(N(c3ccccc3)c3ccc4c(c3)C(C)(C)c3ccccc3-4)cc2c(C(C)(C)C)c2cc(N(c3ccccc3)c3ccc4c(c3)C(C)(C)c3ccccc3-4)ccc12. The zero-order valence-corrected chi connectivity index (χ0v) is 40.2. The molecule has 66 heavy (non-hydrogen) atoms. The summed E-state index contributed by atoms with van der Waals surface area (Å²) in [6.07, 6.45) is 0. The van der Waals surface area contributed by atoms with Gasteiger partial charge in [-0.15, -0.1) is 0 Å². The number of rotatable bonds is 6. The Bertz CT molecular complexity index is 3160. The molecular weight excluding hydrogens is 797 g/mol. The van der Waals surface area contributed by atoms with Gasteiger partial charge < -0.3 is 9.80 Å². The highest BCUT2D eigenvalue weighted by atomic mass is 15.1. The maximum atomic E-state index is 2.49. The summed E-state index contributed by atoms with van der Waals surface area (Å²) in [6.45, 7) is 23.8. The number of hydrogen-bond acceptors (Lipinski definition) is 2. The average Bonchev–Trinajstić information content (AvgIpc) is 3.67. The summed E-state index contributed by atoms with van der Waals surface area (Å²) in [6, 6.07) is 68.4. The van der Waals surface area contributed by atoms with Crippen molar-refractivity contribution in [3.8, 4) is 22.3 Å². The van der Waals surface area contributed by atoms with Gasteiger partial charge in [0, 0.05) is 45.0 Å². The molecule has 0 saturated heterocycles. The Morgan fingerprint density at radius 1 is 0.288 bits per heavy atom. The Morgan fingerprint density at radius 2 is 0.606 bits per heavy atom. The van der Waals surface area contributed by atoms with E-state index in [0.717, 1.165) is 34.1 Å². The quantitative estimate of drug-likeness (QED) is 0.154. The molecule has 9 aromatic carbocycles. The maximum absolute atomic E-state index is 2.49. The molecular formula is C64H60N2. The van der Waals surface area contributed by atoms with Gasteiger partial charge in [-0.25, -0.2) is 0 Å². The van der Waals surface area contributed by atoms with Crippen molar-refractivity contribution in [3.05, 3.63) is 215 Å². The lowest BCUT2D eigenvalue weighted by Gasteiger charge is -2.33. The topological polar surface area (TPSA) is 6.48 Å². The highest BCUT2D eigenvalue weighted by Gasteiger charge is 2.38. The van der Waals surface area contributed by atoms with Crippen LogP contribution >= 0.6 is 0 Å². The summed E-state index contributed by atoms with van der Waals surface area (Å²) in [5.74, 6) is 0. The fourth-order valence-corrected chi connectivity index (χ4v) is 11.8. The Hall–Kier alpha value is -6.90. The summed E-state index contributed by atoms with van der Waals surface area (Å²) in [5.41, 5.74) is 20.0. The Balaban J connectivity index is 1.14. The average molecular weight is 857 g/mol. The minimum Gasteiger partial charge on any atom is -0.310 e. The van der Waals surface area contributed by atoms with Crippen molar-refractivity contribution < 1.29 is 0 Å². The van der Waals surface area contributed by atoms with Crippen LogP contribution in [0.1, 0.15) is 103 Å². The number of benzene rings is 9. The van der Waals surface area contributed by atoms with Crippen LogP contribution in [0, 0.1) is 0 Å². The lowest BCUT2D eigenvalue weighted by atomic mass is 9.74. The molecule has 0 amide bonds. The summed E-state index contributed by atoms with van der Waals surface area (Å²) in [5, 5.41) is 5.23. The molecule has 2 heteroatoms. The predicted octanol–water partition coefficient (Wildman–Crippen LogP) is 18.1. The van der Waals surface area contributed by atoms with E-state index in [2.05, 4.69) is 261 Å². The van der Waals surface area contributed by atoms with Crippen molar-refractivity contribution in [2.45, 2.75) is 90.9 Å². The van der Waals surface area contributed by atoms with E-state index in [9.17, 15) is 0 Å². The molecule has 0 aromatic heterocycles. The second kappa shape index (κ2) is 14.8. The minimum absolute atomic E-state index is 0.111. The fraction of sp³-hybridized carbons (Fsp3) is 0.219. The van der Waals surface area contributed by atoms with Crippen LogP contribution in [-0.2, 0) is 21.7 Å². The lowest BCUT2D eigenvalue weighted by Crippen LogP contribution is -2.19. The zero-order chi connectivity index (χ0) is 45.9. The first-order chi connectivity index (χ1) is 31.5. The molecule has 0 fully saturated rings. The molecule has 0 atom stereocenters. The van der Waals surface area contributed by atoms with Crippen molar-refractivity contribution in [2.75, 3.05) is 9.80 Å². The van der Waals surface area contributed by atoms with Gasteiger partial charge in [-0.1, -0.05) is 178 Å². The molecule has 2 aliphatic carbocycles. The number of fused-ring (bicyclic) bond motifs is 8. The largest absolute Gasteiger partial charge is 0.310 e. The molecule has 2 aliphatic rings. The van der Waals surface area contributed by atoms with E-state index in [-0.39, 0.29) is 21.7 Å². The van der Waals surface area contributed by atoms with Crippen LogP contribution in [0.2, 0.25) is 0 Å². The van der Waals surface area contributed by atoms with E-state index in [1.807, 2.05) is 0 Å². The highest BCUT2D eigenvalue weighted by Crippen LogP contribution is 2.54. The van der Waals surface area contributed by atoms with Crippen molar-refractivity contribution in [3.63, 3.8) is 0 Å². The molecule has 0 aliphatic heterocycles. The van der Waals surface area contributed by atoms with E-state index < -0.39 is 0 Å². The summed E-state index contributed by atoms with van der Waals surface area (Å²) < 4.78 is 0. The Morgan fingerprint density at radius 3 is 1.00 bits per heavy atom. The molecule has 0 bridgehead atoms. The molecule has 0 saturated carbocycles. The Labute approximate surface area is 392 Å². The van der Waals surface area contributed by atoms with E-state index in [1.54, 1.807) is 0 Å². The van der Waals surface area contributed by atoms with Gasteiger partial charge in [0.2, 0.25) is 0 Å². The van der Waals surface area contributed by atoms with E-state index in [0.29, 0.717) is 0 Å². The van der Waals surface area contributed by atoms with Gasteiger partial charge in [0.15, 0.2) is 0 Å². The van der Waals surface area contributed by atoms with Crippen LogP contribution in [0.15, 0.2) is 182 Å². The predicted molar refractivity (Wildman–Crippen MR) is 283 cm³/mol. The molecule has 0 unspecified atom stereocenters. The van der Waals surface area contributed by atoms with E-state index in [1.165, 1.54) is 77.2 Å². The van der Waals surface area contributed by atoms with Gasteiger partial charge in [0.05, 0.1) is 0 Å². The second-order valence-corrected chi connectivity index (χ2v) is 21.9. The third-order valence-corrected chi connectivity index (χ3v) is 14.8. The third-order valence-electron chi connectivity index (χ3n) is 14.8. The maximum Gasteiger partial charge on any atom is 0.0468 e. The van der Waals surface area contributed by atoms with Crippen LogP contribution in [0.4, 0.5) is 34.1 Å². The fourth-order valence-electron chi connectivity index (χ4n) is 11.8. The Kier molecular flexibility index (Phi) is 9.37. The monoisotopic (exact) mass is 856 g/mol. The van der Waals surface area contributed by atoms with Gasteiger partial charge in [-0.05, 0) is 161 Å². The molecule has 326 valence electrons. The van der Waals surface area contributed by atoms with Gasteiger partial charge >= 0.3 is 0 Å². The first-order valence-electron chi connectivity index (χ1n) is 23.8. The summed E-state index contributed by atoms with van der Waals surface area (Å²) in [7, 11) is 0. The molecule has 0 heterocycles. The minimum atomic E-state index is -0.188. The number of anilines is 6. The molecule has 2 nitrogen and oxygen atoms in total. The van der Waals surface area contributed by atoms with Crippen LogP contribution in [-0.4, -0.2) is 0 Å². The highest BCUT2D eigenvalue weighted by molar-refractivity contribution is 6.10. The first-order valence-corrected chi connectivity index (χ1v) is 23.8. The van der Waals surface area contributed by atoms with Crippen molar-refractivity contribution in [1.82, 2.24) is 0 Å². The molecule has 0 radical (unpaired) electrons. The molecule has 0 N–H and O–H groups in total. The smallest absolute Gasteiger partial charge is 0.0468 e. The van der Waals surface area contributed by atoms with Crippen LogP contribution < -0.4 is 9.80 Å². The van der Waals surface area contributed by atoms with Gasteiger partial charge in [0.25, 0.3) is 0 Å². The zero-order valence-electron chi connectivity index (χ0n) is 40.2. The third kappa shape index (κ3) is 6.44. The summed E-state index contributed by atoms with van der Waals surface area (Å²) >= 11 is 0.